The van der Waals surface area contributed by atoms with E-state index >= 15 is 0 Å². The van der Waals surface area contributed by atoms with Gasteiger partial charge in [-0.3, -0.25) is 10.1 Å². The molecule has 0 bridgehead atoms. The topological polar surface area (TPSA) is 80.5 Å². The van der Waals surface area contributed by atoms with Crippen LogP contribution in [0, 0.1) is 10.1 Å². The molecule has 6 nitrogen and oxygen atoms in total. The quantitative estimate of drug-likeness (QED) is 0.599. The summed E-state index contributed by atoms with van der Waals surface area (Å²) in [6, 6.07) is 7.31. The molecule has 0 aliphatic heterocycles. The van der Waals surface area contributed by atoms with Crippen molar-refractivity contribution < 1.29 is 13.3 Å². The maximum atomic E-state index is 12.9. The first-order chi connectivity index (χ1) is 10.5. The van der Waals surface area contributed by atoms with Crippen molar-refractivity contribution in [1.29, 1.82) is 0 Å². The van der Waals surface area contributed by atoms with Crippen LogP contribution in [-0.2, 0) is 16.6 Å². The van der Waals surface area contributed by atoms with E-state index in [1.54, 1.807) is 0 Å². The van der Waals surface area contributed by atoms with Crippen LogP contribution in [0.2, 0.25) is 0 Å². The summed E-state index contributed by atoms with van der Waals surface area (Å²) in [4.78, 5) is 10.2. The minimum atomic E-state index is -3.89. The first kappa shape index (κ1) is 15.1. The first-order valence-corrected chi connectivity index (χ1v) is 9.15. The molecular weight excluding hydrogens is 324 g/mol. The number of hydrogen-bond acceptors (Lipinski definition) is 5. The predicted octanol–water partition coefficient (Wildman–Crippen LogP) is 3.01. The number of nitro benzene ring substituents is 1. The van der Waals surface area contributed by atoms with E-state index in [1.807, 2.05) is 16.8 Å². The van der Waals surface area contributed by atoms with Gasteiger partial charge in [-0.15, -0.1) is 0 Å². The summed E-state index contributed by atoms with van der Waals surface area (Å²) in [5, 5.41) is 14.9. The highest BCUT2D eigenvalue weighted by molar-refractivity contribution is 7.89. The number of nitro groups is 1. The molecule has 1 heterocycles. The van der Waals surface area contributed by atoms with Gasteiger partial charge in [0, 0.05) is 18.7 Å². The minimum absolute atomic E-state index is 0.0651. The normalized spacial score (nSPS) is 15.1. The van der Waals surface area contributed by atoms with Gasteiger partial charge in [0.25, 0.3) is 5.69 Å². The van der Waals surface area contributed by atoms with E-state index in [-0.39, 0.29) is 23.2 Å². The lowest BCUT2D eigenvalue weighted by Gasteiger charge is -2.21. The van der Waals surface area contributed by atoms with Crippen molar-refractivity contribution in [3.8, 4) is 0 Å². The third-order valence-electron chi connectivity index (χ3n) is 3.52. The fourth-order valence-electron chi connectivity index (χ4n) is 2.29. The van der Waals surface area contributed by atoms with Crippen molar-refractivity contribution in [1.82, 2.24) is 4.31 Å². The van der Waals surface area contributed by atoms with Gasteiger partial charge in [-0.2, -0.15) is 15.6 Å². The van der Waals surface area contributed by atoms with Gasteiger partial charge in [-0.25, -0.2) is 8.42 Å². The largest absolute Gasteiger partial charge is 0.289 e. The zero-order valence-corrected chi connectivity index (χ0v) is 13.2. The molecule has 3 rings (SSSR count). The molecule has 0 unspecified atom stereocenters. The molecule has 0 amide bonds. The molecule has 0 spiro atoms. The van der Waals surface area contributed by atoms with Gasteiger partial charge in [-0.1, -0.05) is 12.1 Å². The predicted molar refractivity (Wildman–Crippen MR) is 83.2 cm³/mol. The Bertz CT molecular complexity index is 783. The maximum absolute atomic E-state index is 12.9. The standard InChI is InChI=1S/C14H14N2O4S2/c17-16(18)13-3-1-2-4-14(13)22(19,20)15(12-5-6-12)9-11-7-8-21-10-11/h1-4,7-8,10,12H,5-6,9H2. The fraction of sp³-hybridized carbons (Fsp3) is 0.286. The summed E-state index contributed by atoms with van der Waals surface area (Å²) >= 11 is 1.50. The molecule has 8 heteroatoms. The van der Waals surface area contributed by atoms with Crippen molar-refractivity contribution in [2.75, 3.05) is 0 Å². The molecular formula is C14H14N2O4S2. The molecule has 22 heavy (non-hydrogen) atoms. The van der Waals surface area contributed by atoms with Crippen molar-refractivity contribution in [3.63, 3.8) is 0 Å². The van der Waals surface area contributed by atoms with E-state index in [9.17, 15) is 18.5 Å². The van der Waals surface area contributed by atoms with Crippen LogP contribution in [0.15, 0.2) is 46.0 Å². The SMILES string of the molecule is O=[N+]([O-])c1ccccc1S(=O)(=O)N(Cc1ccsc1)C1CC1. The minimum Gasteiger partial charge on any atom is -0.258 e. The van der Waals surface area contributed by atoms with Gasteiger partial charge < -0.3 is 0 Å². The molecule has 1 saturated carbocycles. The fourth-order valence-corrected chi connectivity index (χ4v) is 4.78. The Hall–Kier alpha value is -1.77. The van der Waals surface area contributed by atoms with Gasteiger partial charge in [0.05, 0.1) is 4.92 Å². The highest BCUT2D eigenvalue weighted by atomic mass is 32.2. The lowest BCUT2D eigenvalue weighted by molar-refractivity contribution is -0.387. The first-order valence-electron chi connectivity index (χ1n) is 6.76. The summed E-state index contributed by atoms with van der Waals surface area (Å²) in [7, 11) is -3.89. The molecule has 1 aliphatic rings. The van der Waals surface area contributed by atoms with Crippen LogP contribution in [0.25, 0.3) is 0 Å². The zero-order valence-electron chi connectivity index (χ0n) is 11.6. The van der Waals surface area contributed by atoms with Crippen molar-refractivity contribution in [3.05, 3.63) is 56.8 Å². The van der Waals surface area contributed by atoms with Crippen LogP contribution >= 0.6 is 11.3 Å². The second-order valence-corrected chi connectivity index (χ2v) is 7.78. The molecule has 0 saturated heterocycles. The van der Waals surface area contributed by atoms with E-state index in [2.05, 4.69) is 0 Å². The van der Waals surface area contributed by atoms with Gasteiger partial charge >= 0.3 is 0 Å². The summed E-state index contributed by atoms with van der Waals surface area (Å²) in [6.07, 6.45) is 1.59. The average molecular weight is 338 g/mol. The molecule has 1 aromatic carbocycles. The van der Waals surface area contributed by atoms with Crippen LogP contribution in [-0.4, -0.2) is 23.7 Å². The zero-order chi connectivity index (χ0) is 15.7. The summed E-state index contributed by atoms with van der Waals surface area (Å²) in [5.74, 6) is 0. The molecule has 1 aliphatic carbocycles. The molecule has 2 aromatic rings. The number of nitrogens with zero attached hydrogens (tertiary/aromatic N) is 2. The van der Waals surface area contributed by atoms with Gasteiger partial charge in [0.15, 0.2) is 4.90 Å². The highest BCUT2D eigenvalue weighted by Crippen LogP contribution is 2.36. The van der Waals surface area contributed by atoms with Crippen LogP contribution < -0.4 is 0 Å². The summed E-state index contributed by atoms with van der Waals surface area (Å²) < 4.78 is 27.2. The molecule has 0 radical (unpaired) electrons. The van der Waals surface area contributed by atoms with Crippen LogP contribution in [0.1, 0.15) is 18.4 Å². The monoisotopic (exact) mass is 338 g/mol. The lowest BCUT2D eigenvalue weighted by Crippen LogP contribution is -2.33. The van der Waals surface area contributed by atoms with Gasteiger partial charge in [-0.05, 0) is 41.3 Å². The Morgan fingerprint density at radius 1 is 1.27 bits per heavy atom. The number of thiophene rings is 1. The van der Waals surface area contributed by atoms with E-state index < -0.39 is 14.9 Å². The van der Waals surface area contributed by atoms with Gasteiger partial charge in [0.2, 0.25) is 10.0 Å². The average Bonchev–Trinajstić information content (AvgIpc) is 3.20. The summed E-state index contributed by atoms with van der Waals surface area (Å²) in [6.45, 7) is 0.253. The highest BCUT2D eigenvalue weighted by Gasteiger charge is 2.40. The Morgan fingerprint density at radius 2 is 2.00 bits per heavy atom. The number of para-hydroxylation sites is 1. The maximum Gasteiger partial charge on any atom is 0.289 e. The van der Waals surface area contributed by atoms with Crippen molar-refractivity contribution in [2.24, 2.45) is 0 Å². The molecule has 1 fully saturated rings. The molecule has 1 aromatic heterocycles. The van der Waals surface area contributed by atoms with E-state index in [0.717, 1.165) is 18.4 Å². The molecule has 116 valence electrons. The Balaban J connectivity index is 2.01. The third kappa shape index (κ3) is 2.90. The van der Waals surface area contributed by atoms with Crippen LogP contribution in [0.5, 0.6) is 0 Å². The second-order valence-electron chi connectivity index (χ2n) is 5.14. The number of rotatable bonds is 6. The van der Waals surface area contributed by atoms with Crippen molar-refractivity contribution >= 4 is 27.0 Å². The Morgan fingerprint density at radius 3 is 2.59 bits per heavy atom. The molecule has 0 N–H and O–H groups in total. The summed E-state index contributed by atoms with van der Waals surface area (Å²) in [5.41, 5.74) is 0.525. The van der Waals surface area contributed by atoms with E-state index in [0.29, 0.717) is 0 Å². The van der Waals surface area contributed by atoms with E-state index in [1.165, 1.54) is 39.9 Å². The number of benzene rings is 1. The van der Waals surface area contributed by atoms with Crippen LogP contribution in [0.3, 0.4) is 0 Å². The lowest BCUT2D eigenvalue weighted by atomic mass is 10.3. The number of sulfonamides is 1. The van der Waals surface area contributed by atoms with Gasteiger partial charge in [0.1, 0.15) is 0 Å². The van der Waals surface area contributed by atoms with E-state index in [4.69, 9.17) is 0 Å². The Labute approximate surface area is 132 Å². The Kier molecular flexibility index (Phi) is 3.98. The smallest absolute Gasteiger partial charge is 0.258 e. The van der Waals surface area contributed by atoms with Crippen molar-refractivity contribution in [2.45, 2.75) is 30.3 Å². The molecule has 0 atom stereocenters. The third-order valence-corrected chi connectivity index (χ3v) is 6.20. The van der Waals surface area contributed by atoms with Crippen LogP contribution in [0.4, 0.5) is 5.69 Å². The second kappa shape index (κ2) is 5.79. The number of hydrogen-bond donors (Lipinski definition) is 0.